The zero-order chi connectivity index (χ0) is 11.8. The molecule has 1 heteroatoms. The predicted molar refractivity (Wildman–Crippen MR) is 69.7 cm³/mol. The third-order valence-electron chi connectivity index (χ3n) is 3.65. The Kier molecular flexibility index (Phi) is 3.07. The standard InChI is InChI=1S/C15H23N/c1-15(2,3)13-9-6-5-8-12(13)14-10-7-11-16(14)4/h5-6,8-9,14H,7,10-11H2,1-4H3. The van der Waals surface area contributed by atoms with Crippen molar-refractivity contribution in [1.82, 2.24) is 4.90 Å². The molecule has 1 aliphatic rings. The minimum Gasteiger partial charge on any atom is -0.299 e. The van der Waals surface area contributed by atoms with Gasteiger partial charge in [-0.1, -0.05) is 45.0 Å². The fourth-order valence-electron chi connectivity index (χ4n) is 2.77. The molecule has 1 fully saturated rings. The SMILES string of the molecule is CN1CCCC1c1ccccc1C(C)(C)C. The van der Waals surface area contributed by atoms with Gasteiger partial charge in [0.2, 0.25) is 0 Å². The van der Waals surface area contributed by atoms with E-state index in [1.54, 1.807) is 0 Å². The Morgan fingerprint density at radius 2 is 1.88 bits per heavy atom. The van der Waals surface area contributed by atoms with Gasteiger partial charge in [0, 0.05) is 6.04 Å². The molecule has 1 saturated heterocycles. The van der Waals surface area contributed by atoms with Crippen LogP contribution in [0.3, 0.4) is 0 Å². The first-order chi connectivity index (χ1) is 7.50. The molecule has 1 aromatic carbocycles. The second-order valence-electron chi connectivity index (χ2n) is 5.98. The molecule has 0 spiro atoms. The molecule has 2 rings (SSSR count). The molecule has 16 heavy (non-hydrogen) atoms. The van der Waals surface area contributed by atoms with Crippen molar-refractivity contribution in [2.24, 2.45) is 0 Å². The summed E-state index contributed by atoms with van der Waals surface area (Å²) in [6.07, 6.45) is 2.64. The fourth-order valence-corrected chi connectivity index (χ4v) is 2.77. The largest absolute Gasteiger partial charge is 0.299 e. The van der Waals surface area contributed by atoms with Crippen molar-refractivity contribution >= 4 is 0 Å². The van der Waals surface area contributed by atoms with Crippen molar-refractivity contribution in [1.29, 1.82) is 0 Å². The molecule has 0 aliphatic carbocycles. The molecule has 0 radical (unpaired) electrons. The zero-order valence-electron chi connectivity index (χ0n) is 11.0. The highest BCUT2D eigenvalue weighted by molar-refractivity contribution is 5.35. The van der Waals surface area contributed by atoms with Gasteiger partial charge in [0.15, 0.2) is 0 Å². The third-order valence-corrected chi connectivity index (χ3v) is 3.65. The van der Waals surface area contributed by atoms with Crippen molar-refractivity contribution < 1.29 is 0 Å². The van der Waals surface area contributed by atoms with Crippen molar-refractivity contribution in [3.05, 3.63) is 35.4 Å². The van der Waals surface area contributed by atoms with Crippen LogP contribution in [0.15, 0.2) is 24.3 Å². The van der Waals surface area contributed by atoms with E-state index in [2.05, 4.69) is 57.0 Å². The molecule has 0 aromatic heterocycles. The highest BCUT2D eigenvalue weighted by Gasteiger charge is 2.27. The summed E-state index contributed by atoms with van der Waals surface area (Å²) in [4.78, 5) is 2.49. The summed E-state index contributed by atoms with van der Waals surface area (Å²) in [6, 6.07) is 9.58. The van der Waals surface area contributed by atoms with Crippen molar-refractivity contribution in [2.75, 3.05) is 13.6 Å². The van der Waals surface area contributed by atoms with Gasteiger partial charge in [-0.3, -0.25) is 4.90 Å². The number of rotatable bonds is 1. The van der Waals surface area contributed by atoms with Gasteiger partial charge in [0.1, 0.15) is 0 Å². The van der Waals surface area contributed by atoms with Crippen molar-refractivity contribution in [3.63, 3.8) is 0 Å². The summed E-state index contributed by atoms with van der Waals surface area (Å²) < 4.78 is 0. The van der Waals surface area contributed by atoms with E-state index in [1.165, 1.54) is 30.5 Å². The summed E-state index contributed by atoms with van der Waals surface area (Å²) >= 11 is 0. The zero-order valence-corrected chi connectivity index (χ0v) is 11.0. The highest BCUT2D eigenvalue weighted by atomic mass is 15.1. The normalized spacial score (nSPS) is 22.6. The van der Waals surface area contributed by atoms with Crippen LogP contribution in [0.25, 0.3) is 0 Å². The monoisotopic (exact) mass is 217 g/mol. The van der Waals surface area contributed by atoms with Gasteiger partial charge in [0.05, 0.1) is 0 Å². The Hall–Kier alpha value is -0.820. The highest BCUT2D eigenvalue weighted by Crippen LogP contribution is 2.36. The Morgan fingerprint density at radius 1 is 1.19 bits per heavy atom. The summed E-state index contributed by atoms with van der Waals surface area (Å²) in [5, 5.41) is 0. The smallest absolute Gasteiger partial charge is 0.0348 e. The van der Waals surface area contributed by atoms with Crippen molar-refractivity contribution in [3.8, 4) is 0 Å². The van der Waals surface area contributed by atoms with Crippen LogP contribution < -0.4 is 0 Å². The van der Waals surface area contributed by atoms with Crippen LogP contribution in [0.2, 0.25) is 0 Å². The molecule has 1 heterocycles. The Morgan fingerprint density at radius 3 is 2.44 bits per heavy atom. The van der Waals surface area contributed by atoms with E-state index >= 15 is 0 Å². The van der Waals surface area contributed by atoms with Crippen LogP contribution in [0.4, 0.5) is 0 Å². The maximum Gasteiger partial charge on any atom is 0.0348 e. The molecule has 88 valence electrons. The maximum atomic E-state index is 2.49. The first-order valence-corrected chi connectivity index (χ1v) is 6.30. The van der Waals surface area contributed by atoms with Gasteiger partial charge in [-0.05, 0) is 43.0 Å². The topological polar surface area (TPSA) is 3.24 Å². The van der Waals surface area contributed by atoms with Crippen LogP contribution in [0.5, 0.6) is 0 Å². The number of hydrogen-bond donors (Lipinski definition) is 0. The summed E-state index contributed by atoms with van der Waals surface area (Å²) in [6.45, 7) is 8.16. The Labute approximate surface area is 99.5 Å². The van der Waals surface area contributed by atoms with Gasteiger partial charge < -0.3 is 0 Å². The second kappa shape index (κ2) is 4.21. The first-order valence-electron chi connectivity index (χ1n) is 6.30. The first kappa shape index (κ1) is 11.7. The fraction of sp³-hybridized carbons (Fsp3) is 0.600. The molecule has 1 atom stereocenters. The number of hydrogen-bond acceptors (Lipinski definition) is 1. The predicted octanol–water partition coefficient (Wildman–Crippen LogP) is 3.75. The van der Waals surface area contributed by atoms with E-state index in [9.17, 15) is 0 Å². The molecular weight excluding hydrogens is 194 g/mol. The van der Waals surface area contributed by atoms with Crippen LogP contribution in [0, 0.1) is 0 Å². The number of nitrogens with zero attached hydrogens (tertiary/aromatic N) is 1. The third kappa shape index (κ3) is 2.15. The van der Waals surface area contributed by atoms with Gasteiger partial charge >= 0.3 is 0 Å². The minimum atomic E-state index is 0.250. The minimum absolute atomic E-state index is 0.250. The van der Waals surface area contributed by atoms with Gasteiger partial charge in [0.25, 0.3) is 0 Å². The maximum absolute atomic E-state index is 2.49. The van der Waals surface area contributed by atoms with E-state index < -0.39 is 0 Å². The molecule has 0 N–H and O–H groups in total. The molecule has 0 amide bonds. The van der Waals surface area contributed by atoms with Crippen LogP contribution in [-0.2, 0) is 5.41 Å². The molecule has 0 bridgehead atoms. The molecule has 1 nitrogen and oxygen atoms in total. The molecule has 1 aliphatic heterocycles. The van der Waals surface area contributed by atoms with E-state index in [-0.39, 0.29) is 5.41 Å². The summed E-state index contributed by atoms with van der Waals surface area (Å²) in [7, 11) is 2.25. The quantitative estimate of drug-likeness (QED) is 0.692. The van der Waals surface area contributed by atoms with Crippen LogP contribution in [-0.4, -0.2) is 18.5 Å². The van der Waals surface area contributed by atoms with E-state index in [0.717, 1.165) is 0 Å². The van der Waals surface area contributed by atoms with Crippen molar-refractivity contribution in [2.45, 2.75) is 45.1 Å². The lowest BCUT2D eigenvalue weighted by atomic mass is 9.81. The van der Waals surface area contributed by atoms with E-state index in [4.69, 9.17) is 0 Å². The summed E-state index contributed by atoms with van der Waals surface area (Å²) in [5.74, 6) is 0. The average molecular weight is 217 g/mol. The second-order valence-corrected chi connectivity index (χ2v) is 5.98. The van der Waals surface area contributed by atoms with Crippen LogP contribution >= 0.6 is 0 Å². The Balaban J connectivity index is 2.40. The number of likely N-dealkylation sites (tertiary alicyclic amines) is 1. The average Bonchev–Trinajstić information content (AvgIpc) is 2.63. The van der Waals surface area contributed by atoms with E-state index in [1.807, 2.05) is 0 Å². The summed E-state index contributed by atoms with van der Waals surface area (Å²) in [5.41, 5.74) is 3.30. The molecule has 0 saturated carbocycles. The van der Waals surface area contributed by atoms with Crippen LogP contribution in [0.1, 0.15) is 50.8 Å². The molecule has 1 aromatic rings. The van der Waals surface area contributed by atoms with E-state index in [0.29, 0.717) is 6.04 Å². The lowest BCUT2D eigenvalue weighted by molar-refractivity contribution is 0.313. The van der Waals surface area contributed by atoms with Gasteiger partial charge in [-0.25, -0.2) is 0 Å². The lowest BCUT2D eigenvalue weighted by Crippen LogP contribution is -2.22. The Bertz CT molecular complexity index is 362. The number of benzene rings is 1. The van der Waals surface area contributed by atoms with Gasteiger partial charge in [-0.15, -0.1) is 0 Å². The molecular formula is C15H23N. The van der Waals surface area contributed by atoms with Gasteiger partial charge in [-0.2, -0.15) is 0 Å². The lowest BCUT2D eigenvalue weighted by Gasteiger charge is -2.28. The molecule has 1 unspecified atom stereocenters.